The van der Waals surface area contributed by atoms with Gasteiger partial charge in [-0.05, 0) is 66.2 Å². The lowest BCUT2D eigenvalue weighted by Crippen LogP contribution is -2.34. The molecule has 2 nitrogen and oxygen atoms in total. The van der Waals surface area contributed by atoms with Crippen molar-refractivity contribution in [3.05, 3.63) is 28.0 Å². The number of hydrogen-bond donors (Lipinski definition) is 1. The predicted octanol–water partition coefficient (Wildman–Crippen LogP) is 3.47. The van der Waals surface area contributed by atoms with E-state index in [9.17, 15) is 0 Å². The van der Waals surface area contributed by atoms with E-state index in [2.05, 4.69) is 46.1 Å². The number of nitrogens with zero attached hydrogens (tertiary/aromatic N) is 1. The van der Waals surface area contributed by atoms with Crippen LogP contribution < -0.4 is 5.32 Å². The second kappa shape index (κ2) is 5.96. The van der Waals surface area contributed by atoms with Gasteiger partial charge in [0.2, 0.25) is 0 Å². The van der Waals surface area contributed by atoms with Crippen molar-refractivity contribution in [1.82, 2.24) is 10.3 Å². The zero-order valence-electron chi connectivity index (χ0n) is 10.7. The monoisotopic (exact) mass is 296 g/mol. The Kier molecular flexibility index (Phi) is 4.57. The van der Waals surface area contributed by atoms with Crippen LogP contribution in [0.25, 0.3) is 0 Å². The maximum absolute atomic E-state index is 4.55. The molecule has 2 rings (SSSR count). The first-order valence-electron chi connectivity index (χ1n) is 6.55. The van der Waals surface area contributed by atoms with Crippen LogP contribution in [0.2, 0.25) is 0 Å². The number of rotatable bonds is 6. The summed E-state index contributed by atoms with van der Waals surface area (Å²) in [6.45, 7) is 5.49. The Balaban J connectivity index is 2.00. The molecular weight excluding hydrogens is 276 g/mol. The van der Waals surface area contributed by atoms with E-state index in [4.69, 9.17) is 0 Å². The molecule has 0 aliphatic heterocycles. The molecular formula is C14H21BrN2. The van der Waals surface area contributed by atoms with Gasteiger partial charge in [0, 0.05) is 28.8 Å². The Bertz CT molecular complexity index is 374. The topological polar surface area (TPSA) is 24.9 Å². The molecule has 0 radical (unpaired) electrons. The Hall–Kier alpha value is -0.410. The van der Waals surface area contributed by atoms with Crippen LogP contribution in [0.3, 0.4) is 0 Å². The van der Waals surface area contributed by atoms with Gasteiger partial charge in [0.15, 0.2) is 0 Å². The van der Waals surface area contributed by atoms with Crippen LogP contribution in [0.15, 0.2) is 16.7 Å². The molecule has 1 atom stereocenters. The van der Waals surface area contributed by atoms with E-state index in [-0.39, 0.29) is 0 Å². The van der Waals surface area contributed by atoms with Gasteiger partial charge >= 0.3 is 0 Å². The van der Waals surface area contributed by atoms with E-state index in [0.717, 1.165) is 23.4 Å². The van der Waals surface area contributed by atoms with E-state index >= 15 is 0 Å². The molecule has 0 aromatic carbocycles. The molecule has 0 amide bonds. The molecule has 1 heterocycles. The van der Waals surface area contributed by atoms with Crippen LogP contribution in [-0.2, 0) is 6.42 Å². The number of halogens is 1. The molecule has 1 aliphatic rings. The highest BCUT2D eigenvalue weighted by molar-refractivity contribution is 9.10. The molecule has 94 valence electrons. The summed E-state index contributed by atoms with van der Waals surface area (Å²) in [5, 5.41) is 3.67. The Morgan fingerprint density at radius 1 is 1.53 bits per heavy atom. The quantitative estimate of drug-likeness (QED) is 0.869. The highest BCUT2D eigenvalue weighted by atomic mass is 79.9. The SMILES string of the molecule is CCCNC(Cc1ncc(Br)cc1C)C1CC1. The normalized spacial score (nSPS) is 17.1. The third kappa shape index (κ3) is 3.78. The van der Waals surface area contributed by atoms with Crippen LogP contribution in [0.5, 0.6) is 0 Å². The summed E-state index contributed by atoms with van der Waals surface area (Å²) in [5.41, 5.74) is 2.54. The van der Waals surface area contributed by atoms with Crippen LogP contribution in [-0.4, -0.2) is 17.6 Å². The second-order valence-corrected chi connectivity index (χ2v) is 5.93. The zero-order chi connectivity index (χ0) is 12.3. The van der Waals surface area contributed by atoms with Crippen molar-refractivity contribution in [3.8, 4) is 0 Å². The van der Waals surface area contributed by atoms with E-state index in [1.54, 1.807) is 0 Å². The van der Waals surface area contributed by atoms with Gasteiger partial charge in [0.25, 0.3) is 0 Å². The molecule has 0 bridgehead atoms. The minimum Gasteiger partial charge on any atom is -0.313 e. The fourth-order valence-corrected chi connectivity index (χ4v) is 2.67. The summed E-state index contributed by atoms with van der Waals surface area (Å²) in [6, 6.07) is 2.79. The van der Waals surface area contributed by atoms with Crippen molar-refractivity contribution in [2.24, 2.45) is 5.92 Å². The number of pyridine rings is 1. The summed E-state index contributed by atoms with van der Waals surface area (Å²) in [4.78, 5) is 4.55. The van der Waals surface area contributed by atoms with Crippen molar-refractivity contribution < 1.29 is 0 Å². The van der Waals surface area contributed by atoms with Gasteiger partial charge in [-0.2, -0.15) is 0 Å². The first kappa shape index (κ1) is 13.0. The third-order valence-corrected chi connectivity index (χ3v) is 3.85. The van der Waals surface area contributed by atoms with Crippen LogP contribution in [0, 0.1) is 12.8 Å². The van der Waals surface area contributed by atoms with Gasteiger partial charge in [0.05, 0.1) is 0 Å². The molecule has 1 aliphatic carbocycles. The molecule has 1 aromatic rings. The molecule has 1 N–H and O–H groups in total. The fourth-order valence-electron chi connectivity index (χ4n) is 2.22. The smallest absolute Gasteiger partial charge is 0.0449 e. The van der Waals surface area contributed by atoms with Gasteiger partial charge in [-0.15, -0.1) is 0 Å². The Morgan fingerprint density at radius 2 is 2.29 bits per heavy atom. The molecule has 1 saturated carbocycles. The molecule has 17 heavy (non-hydrogen) atoms. The summed E-state index contributed by atoms with van der Waals surface area (Å²) in [7, 11) is 0. The van der Waals surface area contributed by atoms with E-state index in [1.165, 1.54) is 30.5 Å². The van der Waals surface area contributed by atoms with E-state index in [1.807, 2.05) is 6.20 Å². The van der Waals surface area contributed by atoms with E-state index < -0.39 is 0 Å². The van der Waals surface area contributed by atoms with Crippen molar-refractivity contribution in [2.75, 3.05) is 6.54 Å². The number of hydrogen-bond acceptors (Lipinski definition) is 2. The Labute approximate surface area is 112 Å². The predicted molar refractivity (Wildman–Crippen MR) is 75.2 cm³/mol. The summed E-state index contributed by atoms with van der Waals surface area (Å²) < 4.78 is 1.07. The minimum absolute atomic E-state index is 0.627. The average molecular weight is 297 g/mol. The van der Waals surface area contributed by atoms with Crippen LogP contribution in [0.1, 0.15) is 37.4 Å². The lowest BCUT2D eigenvalue weighted by Gasteiger charge is -2.18. The van der Waals surface area contributed by atoms with Crippen LogP contribution >= 0.6 is 15.9 Å². The molecule has 3 heteroatoms. The van der Waals surface area contributed by atoms with E-state index in [0.29, 0.717) is 6.04 Å². The molecule has 0 saturated heterocycles. The summed E-state index contributed by atoms with van der Waals surface area (Å²) in [6.07, 6.45) is 6.96. The second-order valence-electron chi connectivity index (χ2n) is 5.02. The van der Waals surface area contributed by atoms with Crippen molar-refractivity contribution >= 4 is 15.9 Å². The highest BCUT2D eigenvalue weighted by Crippen LogP contribution is 2.34. The first-order valence-corrected chi connectivity index (χ1v) is 7.34. The maximum Gasteiger partial charge on any atom is 0.0449 e. The zero-order valence-corrected chi connectivity index (χ0v) is 12.3. The summed E-state index contributed by atoms with van der Waals surface area (Å²) in [5.74, 6) is 0.881. The fraction of sp³-hybridized carbons (Fsp3) is 0.643. The molecule has 1 fully saturated rings. The van der Waals surface area contributed by atoms with Crippen molar-refractivity contribution in [2.45, 2.75) is 45.6 Å². The average Bonchev–Trinajstić information content (AvgIpc) is 3.11. The first-order chi connectivity index (χ1) is 8.20. The summed E-state index contributed by atoms with van der Waals surface area (Å²) >= 11 is 3.47. The lowest BCUT2D eigenvalue weighted by atomic mass is 10.0. The van der Waals surface area contributed by atoms with Gasteiger partial charge < -0.3 is 5.32 Å². The van der Waals surface area contributed by atoms with Crippen molar-refractivity contribution in [3.63, 3.8) is 0 Å². The third-order valence-electron chi connectivity index (χ3n) is 3.41. The van der Waals surface area contributed by atoms with Crippen LogP contribution in [0.4, 0.5) is 0 Å². The standard InChI is InChI=1S/C14H21BrN2/c1-3-6-16-14(11-4-5-11)8-13-10(2)7-12(15)9-17-13/h7,9,11,14,16H,3-6,8H2,1-2H3. The lowest BCUT2D eigenvalue weighted by molar-refractivity contribution is 0.455. The highest BCUT2D eigenvalue weighted by Gasteiger charge is 2.31. The molecule has 1 unspecified atom stereocenters. The van der Waals surface area contributed by atoms with Gasteiger partial charge in [0.1, 0.15) is 0 Å². The minimum atomic E-state index is 0.627. The maximum atomic E-state index is 4.55. The van der Waals surface area contributed by atoms with Gasteiger partial charge in [-0.1, -0.05) is 6.92 Å². The number of aromatic nitrogens is 1. The Morgan fingerprint density at radius 3 is 2.88 bits per heavy atom. The molecule has 1 aromatic heterocycles. The van der Waals surface area contributed by atoms with Gasteiger partial charge in [-0.3, -0.25) is 4.98 Å². The molecule has 0 spiro atoms. The largest absolute Gasteiger partial charge is 0.313 e. The van der Waals surface area contributed by atoms with Gasteiger partial charge in [-0.25, -0.2) is 0 Å². The number of nitrogens with one attached hydrogen (secondary N) is 1. The number of aryl methyl sites for hydroxylation is 1. The van der Waals surface area contributed by atoms with Crippen molar-refractivity contribution in [1.29, 1.82) is 0 Å².